The molecule has 0 aliphatic heterocycles. The molecule has 0 bridgehead atoms. The van der Waals surface area contributed by atoms with E-state index < -0.39 is 12.2 Å². The number of amides is 1. The largest absolute Gasteiger partial charge is 0.390 e. The third-order valence-corrected chi connectivity index (χ3v) is 4.02. The molecule has 0 spiro atoms. The van der Waals surface area contributed by atoms with Crippen LogP contribution in [-0.2, 0) is 7.05 Å². The fourth-order valence-corrected chi connectivity index (χ4v) is 2.74. The molecule has 2 rings (SSSR count). The number of carbonyl (C=O) groups is 1. The first-order valence-corrected chi connectivity index (χ1v) is 6.77. The van der Waals surface area contributed by atoms with Crippen molar-refractivity contribution in [3.63, 3.8) is 0 Å². The van der Waals surface area contributed by atoms with E-state index in [1.54, 1.807) is 22.6 Å². The molecule has 1 fully saturated rings. The van der Waals surface area contributed by atoms with Crippen LogP contribution in [0.4, 0.5) is 0 Å². The van der Waals surface area contributed by atoms with Crippen molar-refractivity contribution in [1.82, 2.24) is 9.47 Å². The third-order valence-electron chi connectivity index (χ3n) is 4.02. The topological polar surface area (TPSA) is 65.7 Å². The van der Waals surface area contributed by atoms with Crippen LogP contribution in [0.2, 0.25) is 0 Å². The second-order valence-electron chi connectivity index (χ2n) is 5.33. The average molecular weight is 266 g/mol. The van der Waals surface area contributed by atoms with Crippen LogP contribution in [0.1, 0.15) is 36.2 Å². The predicted octanol–water partition coefficient (Wildman–Crippen LogP) is 0.761. The molecule has 2 N–H and O–H groups in total. The highest BCUT2D eigenvalue weighted by Gasteiger charge is 2.34. The van der Waals surface area contributed by atoms with Gasteiger partial charge in [0.15, 0.2) is 0 Å². The standard InChI is InChI=1S/C14H22N2O3/c1-15-9-5-7-11(15)14(19)16(2)10-6-3-4-8-12(17)13(10)18/h5,7,9-10,12-13,17-18H,3-4,6,8H2,1-2H3/t10-,12-,13-/m1/s1. The zero-order chi connectivity index (χ0) is 14.0. The Morgan fingerprint density at radius 2 is 2.05 bits per heavy atom. The molecular formula is C14H22N2O3. The van der Waals surface area contributed by atoms with Gasteiger partial charge in [0.2, 0.25) is 0 Å². The number of carbonyl (C=O) groups excluding carboxylic acids is 1. The maximum Gasteiger partial charge on any atom is 0.270 e. The molecule has 106 valence electrons. The fourth-order valence-electron chi connectivity index (χ4n) is 2.74. The molecule has 3 atom stereocenters. The number of aryl methyl sites for hydroxylation is 1. The Kier molecular flexibility index (Phi) is 4.27. The van der Waals surface area contributed by atoms with Gasteiger partial charge in [0.25, 0.3) is 5.91 Å². The first-order valence-electron chi connectivity index (χ1n) is 6.77. The molecule has 5 nitrogen and oxygen atoms in total. The van der Waals surface area contributed by atoms with Gasteiger partial charge in [-0.3, -0.25) is 4.79 Å². The van der Waals surface area contributed by atoms with Crippen LogP contribution in [0.5, 0.6) is 0 Å². The molecule has 1 saturated carbocycles. The highest BCUT2D eigenvalue weighted by atomic mass is 16.3. The molecule has 1 aliphatic rings. The highest BCUT2D eigenvalue weighted by molar-refractivity contribution is 5.92. The summed E-state index contributed by atoms with van der Waals surface area (Å²) in [6, 6.07) is 3.26. The van der Waals surface area contributed by atoms with E-state index in [1.807, 2.05) is 19.3 Å². The van der Waals surface area contributed by atoms with Gasteiger partial charge in [-0.15, -0.1) is 0 Å². The van der Waals surface area contributed by atoms with Crippen LogP contribution in [0, 0.1) is 0 Å². The number of aromatic nitrogens is 1. The van der Waals surface area contributed by atoms with Crippen molar-refractivity contribution in [2.75, 3.05) is 7.05 Å². The Morgan fingerprint density at radius 3 is 2.68 bits per heavy atom. The number of hydrogen-bond acceptors (Lipinski definition) is 3. The van der Waals surface area contributed by atoms with Crippen molar-refractivity contribution in [1.29, 1.82) is 0 Å². The molecule has 1 heterocycles. The number of aliphatic hydroxyl groups is 2. The van der Waals surface area contributed by atoms with E-state index in [4.69, 9.17) is 0 Å². The Morgan fingerprint density at radius 1 is 1.37 bits per heavy atom. The molecule has 19 heavy (non-hydrogen) atoms. The minimum Gasteiger partial charge on any atom is -0.390 e. The number of nitrogens with zero attached hydrogens (tertiary/aromatic N) is 2. The summed E-state index contributed by atoms with van der Waals surface area (Å²) < 4.78 is 1.76. The summed E-state index contributed by atoms with van der Waals surface area (Å²) >= 11 is 0. The maximum absolute atomic E-state index is 12.4. The Hall–Kier alpha value is -1.33. The fraction of sp³-hybridized carbons (Fsp3) is 0.643. The molecule has 5 heteroatoms. The molecule has 0 radical (unpaired) electrons. The van der Waals surface area contributed by atoms with E-state index in [0.717, 1.165) is 19.3 Å². The number of rotatable bonds is 2. The van der Waals surface area contributed by atoms with Gasteiger partial charge in [0.1, 0.15) is 11.8 Å². The molecule has 0 saturated heterocycles. The van der Waals surface area contributed by atoms with Crippen LogP contribution in [0.3, 0.4) is 0 Å². The van der Waals surface area contributed by atoms with Crippen molar-refractivity contribution in [2.45, 2.75) is 43.9 Å². The summed E-state index contributed by atoms with van der Waals surface area (Å²) in [7, 11) is 3.51. The van der Waals surface area contributed by atoms with Crippen LogP contribution in [-0.4, -0.2) is 50.9 Å². The van der Waals surface area contributed by atoms with Crippen LogP contribution < -0.4 is 0 Å². The van der Waals surface area contributed by atoms with Gasteiger partial charge in [-0.05, 0) is 25.0 Å². The number of likely N-dealkylation sites (N-methyl/N-ethyl adjacent to an activating group) is 1. The van der Waals surface area contributed by atoms with E-state index in [2.05, 4.69) is 0 Å². The smallest absolute Gasteiger partial charge is 0.270 e. The van der Waals surface area contributed by atoms with E-state index in [1.165, 1.54) is 0 Å². The van der Waals surface area contributed by atoms with Gasteiger partial charge in [0.05, 0.1) is 12.1 Å². The van der Waals surface area contributed by atoms with Crippen LogP contribution >= 0.6 is 0 Å². The van der Waals surface area contributed by atoms with Gasteiger partial charge in [0, 0.05) is 20.3 Å². The van der Waals surface area contributed by atoms with E-state index in [9.17, 15) is 15.0 Å². The molecule has 0 unspecified atom stereocenters. The summed E-state index contributed by atoms with van der Waals surface area (Å²) in [6.07, 6.45) is 3.35. The third kappa shape index (κ3) is 2.82. The van der Waals surface area contributed by atoms with Crippen molar-refractivity contribution >= 4 is 5.91 Å². The maximum atomic E-state index is 12.4. The van der Waals surface area contributed by atoms with Gasteiger partial charge >= 0.3 is 0 Å². The predicted molar refractivity (Wildman–Crippen MR) is 71.8 cm³/mol. The van der Waals surface area contributed by atoms with Gasteiger partial charge in [-0.1, -0.05) is 12.8 Å². The Bertz CT molecular complexity index is 444. The zero-order valence-electron chi connectivity index (χ0n) is 11.5. The van der Waals surface area contributed by atoms with Gasteiger partial charge < -0.3 is 19.7 Å². The Balaban J connectivity index is 2.16. The van der Waals surface area contributed by atoms with Gasteiger partial charge in [-0.25, -0.2) is 0 Å². The lowest BCUT2D eigenvalue weighted by molar-refractivity contribution is -0.0257. The quantitative estimate of drug-likeness (QED) is 0.777. The van der Waals surface area contributed by atoms with Crippen molar-refractivity contribution in [3.8, 4) is 0 Å². The number of aliphatic hydroxyl groups excluding tert-OH is 2. The number of hydrogen-bond donors (Lipinski definition) is 2. The van der Waals surface area contributed by atoms with Gasteiger partial charge in [-0.2, -0.15) is 0 Å². The minimum absolute atomic E-state index is 0.120. The van der Waals surface area contributed by atoms with E-state index in [0.29, 0.717) is 12.1 Å². The summed E-state index contributed by atoms with van der Waals surface area (Å²) in [5.41, 5.74) is 0.591. The first-order chi connectivity index (χ1) is 9.02. The lowest BCUT2D eigenvalue weighted by atomic mass is 10.0. The summed E-state index contributed by atoms with van der Waals surface area (Å²) in [4.78, 5) is 14.0. The summed E-state index contributed by atoms with van der Waals surface area (Å²) in [5.74, 6) is -0.120. The first kappa shape index (κ1) is 14.1. The molecule has 1 aromatic heterocycles. The molecular weight excluding hydrogens is 244 g/mol. The lowest BCUT2D eigenvalue weighted by Gasteiger charge is -2.32. The summed E-state index contributed by atoms with van der Waals surface area (Å²) in [6.45, 7) is 0. The zero-order valence-corrected chi connectivity index (χ0v) is 11.5. The molecule has 0 aromatic carbocycles. The molecule has 1 aliphatic carbocycles. The average Bonchev–Trinajstić information content (AvgIpc) is 2.75. The van der Waals surface area contributed by atoms with E-state index >= 15 is 0 Å². The minimum atomic E-state index is -0.864. The molecule has 1 amide bonds. The normalized spacial score (nSPS) is 27.9. The Labute approximate surface area is 113 Å². The second-order valence-corrected chi connectivity index (χ2v) is 5.33. The SMILES string of the molecule is CN(C(=O)c1cccn1C)[C@@H]1CCCC[C@@H](O)[C@@H]1O. The van der Waals surface area contributed by atoms with Crippen LogP contribution in [0.25, 0.3) is 0 Å². The summed E-state index contributed by atoms with van der Waals surface area (Å²) in [5, 5.41) is 20.0. The monoisotopic (exact) mass is 266 g/mol. The van der Waals surface area contributed by atoms with Crippen molar-refractivity contribution < 1.29 is 15.0 Å². The van der Waals surface area contributed by atoms with Crippen molar-refractivity contribution in [2.24, 2.45) is 7.05 Å². The van der Waals surface area contributed by atoms with Crippen molar-refractivity contribution in [3.05, 3.63) is 24.0 Å². The highest BCUT2D eigenvalue weighted by Crippen LogP contribution is 2.23. The molecule has 1 aromatic rings. The van der Waals surface area contributed by atoms with E-state index in [-0.39, 0.29) is 11.9 Å². The lowest BCUT2D eigenvalue weighted by Crippen LogP contribution is -2.48. The second kappa shape index (κ2) is 5.75. The van der Waals surface area contributed by atoms with Crippen LogP contribution in [0.15, 0.2) is 18.3 Å².